The molecule has 232 valence electrons. The number of halogens is 2. The molecule has 0 aliphatic carbocycles. The summed E-state index contributed by atoms with van der Waals surface area (Å²) in [6.45, 7) is 13.3. The molecule has 2 amide bonds. The standard InChI is InChI=1S/C31H32BrFN4O6S/c1-16-21(12-18(23(32)24(16)33)13-22-25(38)20-10-9-11-34-26(20)44-22)41-17(2)19-14-35-27(36-15-19)37(28(39)42-30(3,4)5)29(40)43-31(6,7)8/h9-15,17H,1-8H3/b22-13-. The fourth-order valence-corrected chi connectivity index (χ4v) is 5.38. The van der Waals surface area contributed by atoms with Gasteiger partial charge >= 0.3 is 12.2 Å². The number of fused-ring (bicyclic) bond motifs is 1. The number of Topliss-reactive ketones (excluding diaryl/α,β-unsaturated/α-hetero) is 1. The number of rotatable bonds is 5. The van der Waals surface area contributed by atoms with Gasteiger partial charge in [-0.2, -0.15) is 0 Å². The average Bonchev–Trinajstić information content (AvgIpc) is 3.23. The maximum absolute atomic E-state index is 15.3. The molecule has 3 aromatic rings. The summed E-state index contributed by atoms with van der Waals surface area (Å²) in [5.41, 5.74) is -0.144. The number of amides is 2. The molecule has 3 heterocycles. The van der Waals surface area contributed by atoms with E-state index in [2.05, 4.69) is 30.9 Å². The fourth-order valence-electron chi connectivity index (χ4n) is 3.87. The topological polar surface area (TPSA) is 121 Å². The normalized spacial score (nSPS) is 14.7. The summed E-state index contributed by atoms with van der Waals surface area (Å²) in [5, 5.41) is 0.595. The Bertz CT molecular complexity index is 1620. The maximum atomic E-state index is 15.3. The molecule has 0 saturated carbocycles. The van der Waals surface area contributed by atoms with Gasteiger partial charge in [0.1, 0.15) is 33.9 Å². The number of aromatic nitrogens is 3. The molecular weight excluding hydrogens is 655 g/mol. The summed E-state index contributed by atoms with van der Waals surface area (Å²) in [5.74, 6) is -0.738. The Morgan fingerprint density at radius 2 is 1.64 bits per heavy atom. The number of anilines is 1. The number of benzene rings is 1. The predicted molar refractivity (Wildman–Crippen MR) is 167 cm³/mol. The first-order valence-corrected chi connectivity index (χ1v) is 15.2. The van der Waals surface area contributed by atoms with Crippen molar-refractivity contribution in [2.45, 2.75) is 77.7 Å². The van der Waals surface area contributed by atoms with Crippen LogP contribution in [0.25, 0.3) is 6.08 Å². The molecule has 0 N–H and O–H groups in total. The highest BCUT2D eigenvalue weighted by Gasteiger charge is 2.35. The van der Waals surface area contributed by atoms with Crippen LogP contribution in [0, 0.1) is 12.7 Å². The largest absolute Gasteiger partial charge is 0.486 e. The summed E-state index contributed by atoms with van der Waals surface area (Å²) in [7, 11) is 0. The number of imide groups is 1. The summed E-state index contributed by atoms with van der Waals surface area (Å²) in [4.78, 5) is 52.4. The molecule has 1 aliphatic heterocycles. The Morgan fingerprint density at radius 3 is 2.18 bits per heavy atom. The zero-order valence-electron chi connectivity index (χ0n) is 25.5. The molecule has 0 saturated heterocycles. The van der Waals surface area contributed by atoms with E-state index < -0.39 is 35.3 Å². The van der Waals surface area contributed by atoms with Crippen molar-refractivity contribution in [2.75, 3.05) is 4.90 Å². The Kier molecular flexibility index (Phi) is 9.50. The van der Waals surface area contributed by atoms with Gasteiger partial charge in [-0.3, -0.25) is 4.79 Å². The minimum Gasteiger partial charge on any atom is -0.486 e. The molecule has 0 fully saturated rings. The van der Waals surface area contributed by atoms with Crippen LogP contribution in [0.2, 0.25) is 0 Å². The van der Waals surface area contributed by atoms with Gasteiger partial charge in [0.25, 0.3) is 0 Å². The van der Waals surface area contributed by atoms with Crippen LogP contribution < -0.4 is 9.64 Å². The lowest BCUT2D eigenvalue weighted by molar-refractivity contribution is 0.0427. The van der Waals surface area contributed by atoms with E-state index in [-0.39, 0.29) is 27.5 Å². The lowest BCUT2D eigenvalue weighted by atomic mass is 10.1. The van der Waals surface area contributed by atoms with E-state index in [1.807, 2.05) is 0 Å². The van der Waals surface area contributed by atoms with Gasteiger partial charge in [0.2, 0.25) is 11.7 Å². The van der Waals surface area contributed by atoms with Crippen LogP contribution in [0.15, 0.2) is 51.2 Å². The van der Waals surface area contributed by atoms with Crippen LogP contribution in [-0.2, 0) is 9.47 Å². The van der Waals surface area contributed by atoms with Gasteiger partial charge in [-0.05, 0) is 101 Å². The van der Waals surface area contributed by atoms with Gasteiger partial charge < -0.3 is 14.2 Å². The zero-order valence-corrected chi connectivity index (χ0v) is 27.9. The molecule has 1 atom stereocenters. The number of ketones is 1. The molecule has 0 bridgehead atoms. The highest BCUT2D eigenvalue weighted by atomic mass is 79.9. The molecule has 4 rings (SSSR count). The third-order valence-electron chi connectivity index (χ3n) is 5.95. The lowest BCUT2D eigenvalue weighted by Gasteiger charge is -2.27. The molecular formula is C31H32BrFN4O6S. The van der Waals surface area contributed by atoms with Crippen molar-refractivity contribution in [3.8, 4) is 5.75 Å². The monoisotopic (exact) mass is 686 g/mol. The SMILES string of the molecule is Cc1c(OC(C)c2cnc(N(C(=O)OC(C)(C)C)C(=O)OC(C)(C)C)nc2)cc(/C=C2\Sc3ncccc3C2=O)c(Br)c1F. The second-order valence-corrected chi connectivity index (χ2v) is 13.7. The fraction of sp³-hybridized carbons (Fsp3) is 0.355. The van der Waals surface area contributed by atoms with Crippen molar-refractivity contribution in [3.05, 3.63) is 74.2 Å². The summed E-state index contributed by atoms with van der Waals surface area (Å²) < 4.78 is 32.3. The molecule has 10 nitrogen and oxygen atoms in total. The van der Waals surface area contributed by atoms with Crippen molar-refractivity contribution in [1.29, 1.82) is 0 Å². The van der Waals surface area contributed by atoms with Gasteiger partial charge in [0.05, 0.1) is 14.9 Å². The van der Waals surface area contributed by atoms with Gasteiger partial charge in [0.15, 0.2) is 0 Å². The van der Waals surface area contributed by atoms with Crippen molar-refractivity contribution in [1.82, 2.24) is 15.0 Å². The number of hydrogen-bond acceptors (Lipinski definition) is 10. The van der Waals surface area contributed by atoms with E-state index in [1.54, 1.807) is 85.9 Å². The zero-order chi connectivity index (χ0) is 32.6. The summed E-state index contributed by atoms with van der Waals surface area (Å²) >= 11 is 4.53. The van der Waals surface area contributed by atoms with Crippen molar-refractivity contribution in [3.63, 3.8) is 0 Å². The number of hydrogen-bond donors (Lipinski definition) is 0. The molecule has 2 aromatic heterocycles. The van der Waals surface area contributed by atoms with Gasteiger partial charge in [-0.1, -0.05) is 11.8 Å². The van der Waals surface area contributed by atoms with Gasteiger partial charge in [-0.15, -0.1) is 4.90 Å². The van der Waals surface area contributed by atoms with E-state index in [4.69, 9.17) is 14.2 Å². The third-order valence-corrected chi connectivity index (χ3v) is 7.80. The number of ether oxygens (including phenoxy) is 3. The Balaban J connectivity index is 1.59. The van der Waals surface area contributed by atoms with E-state index in [0.29, 0.717) is 31.5 Å². The van der Waals surface area contributed by atoms with E-state index in [9.17, 15) is 14.4 Å². The highest BCUT2D eigenvalue weighted by molar-refractivity contribution is 9.10. The molecule has 13 heteroatoms. The molecule has 0 radical (unpaired) electrons. The Labute approximate surface area is 267 Å². The first kappa shape index (κ1) is 33.1. The van der Waals surface area contributed by atoms with Gasteiger partial charge in [0, 0.05) is 29.7 Å². The van der Waals surface area contributed by atoms with Crippen molar-refractivity contribution in [2.24, 2.45) is 0 Å². The molecule has 1 unspecified atom stereocenters. The second-order valence-electron chi connectivity index (χ2n) is 11.9. The molecule has 0 spiro atoms. The van der Waals surface area contributed by atoms with Crippen LogP contribution in [-0.4, -0.2) is 44.1 Å². The molecule has 1 aromatic carbocycles. The third kappa shape index (κ3) is 7.62. The van der Waals surface area contributed by atoms with Crippen molar-refractivity contribution < 1.29 is 33.0 Å². The smallest absolute Gasteiger partial charge is 0.427 e. The highest BCUT2D eigenvalue weighted by Crippen LogP contribution is 2.41. The first-order chi connectivity index (χ1) is 20.4. The van der Waals surface area contributed by atoms with Crippen LogP contribution in [0.4, 0.5) is 19.9 Å². The van der Waals surface area contributed by atoms with Crippen LogP contribution in [0.3, 0.4) is 0 Å². The van der Waals surface area contributed by atoms with E-state index in [1.165, 1.54) is 24.2 Å². The number of thioether (sulfide) groups is 1. The van der Waals surface area contributed by atoms with Crippen molar-refractivity contribution >= 4 is 57.7 Å². The lowest BCUT2D eigenvalue weighted by Crippen LogP contribution is -2.44. The van der Waals surface area contributed by atoms with Crippen LogP contribution >= 0.6 is 27.7 Å². The second kappa shape index (κ2) is 12.6. The van der Waals surface area contributed by atoms with Gasteiger partial charge in [-0.25, -0.2) is 28.9 Å². The number of carbonyl (C=O) groups excluding carboxylic acids is 3. The minimum absolute atomic E-state index is 0.189. The van der Waals surface area contributed by atoms with Crippen LogP contribution in [0.5, 0.6) is 5.75 Å². The number of allylic oxidation sites excluding steroid dienone is 1. The Hall–Kier alpha value is -3.84. The van der Waals surface area contributed by atoms with E-state index >= 15 is 4.39 Å². The number of pyridine rings is 1. The summed E-state index contributed by atoms with van der Waals surface area (Å²) in [6.07, 6.45) is 3.32. The van der Waals surface area contributed by atoms with E-state index in [0.717, 1.165) is 0 Å². The summed E-state index contributed by atoms with van der Waals surface area (Å²) in [6, 6.07) is 5.03. The first-order valence-electron chi connectivity index (χ1n) is 13.6. The predicted octanol–water partition coefficient (Wildman–Crippen LogP) is 8.23. The maximum Gasteiger partial charge on any atom is 0.427 e. The Morgan fingerprint density at radius 1 is 1.05 bits per heavy atom. The average molecular weight is 688 g/mol. The quantitative estimate of drug-likeness (QED) is 0.243. The molecule has 1 aliphatic rings. The van der Waals surface area contributed by atoms with Crippen LogP contribution in [0.1, 0.15) is 81.6 Å². The number of nitrogens with zero attached hydrogens (tertiary/aromatic N) is 4. The minimum atomic E-state index is -0.996. The molecule has 44 heavy (non-hydrogen) atoms. The number of carbonyl (C=O) groups is 3.